The third-order valence-electron chi connectivity index (χ3n) is 5.92. The number of rotatable bonds is 9. The maximum atomic E-state index is 13.7. The van der Waals surface area contributed by atoms with E-state index < -0.39 is 28.5 Å². The topological polar surface area (TPSA) is 86.8 Å². The molecule has 0 saturated carbocycles. The van der Waals surface area contributed by atoms with E-state index in [9.17, 15) is 18.0 Å². The molecule has 0 bridgehead atoms. The molecule has 9 heteroatoms. The minimum absolute atomic E-state index is 0.0411. The van der Waals surface area contributed by atoms with Crippen LogP contribution in [0.2, 0.25) is 5.02 Å². The summed E-state index contributed by atoms with van der Waals surface area (Å²) in [5.41, 5.74) is 2.86. The van der Waals surface area contributed by atoms with Gasteiger partial charge in [0.15, 0.2) is 0 Å². The fourth-order valence-corrected chi connectivity index (χ4v) is 5.29. The van der Waals surface area contributed by atoms with Crippen LogP contribution >= 0.6 is 11.6 Å². The second-order valence-corrected chi connectivity index (χ2v) is 10.8. The van der Waals surface area contributed by atoms with Crippen LogP contribution in [-0.2, 0) is 26.2 Å². The van der Waals surface area contributed by atoms with Gasteiger partial charge in [-0.3, -0.25) is 13.9 Å². The first kappa shape index (κ1) is 27.2. The van der Waals surface area contributed by atoms with E-state index in [1.807, 2.05) is 13.8 Å². The van der Waals surface area contributed by atoms with Crippen molar-refractivity contribution in [3.8, 4) is 0 Å². The summed E-state index contributed by atoms with van der Waals surface area (Å²) in [4.78, 5) is 27.6. The number of likely N-dealkylation sites (N-methyl/N-ethyl adjacent to an activating group) is 1. The highest BCUT2D eigenvalue weighted by molar-refractivity contribution is 7.92. The van der Waals surface area contributed by atoms with E-state index in [-0.39, 0.29) is 17.3 Å². The average molecular weight is 528 g/mol. The largest absolute Gasteiger partial charge is 0.357 e. The number of halogens is 1. The maximum absolute atomic E-state index is 13.7. The van der Waals surface area contributed by atoms with Crippen molar-refractivity contribution >= 4 is 39.1 Å². The van der Waals surface area contributed by atoms with Gasteiger partial charge in [0.05, 0.1) is 10.6 Å². The summed E-state index contributed by atoms with van der Waals surface area (Å²) in [7, 11) is -2.60. The van der Waals surface area contributed by atoms with Gasteiger partial charge in [0.1, 0.15) is 12.6 Å². The Morgan fingerprint density at radius 3 is 2.03 bits per heavy atom. The molecule has 3 rings (SSSR count). The number of nitrogens with zero attached hydrogens (tertiary/aromatic N) is 2. The lowest BCUT2D eigenvalue weighted by Gasteiger charge is -2.32. The lowest BCUT2D eigenvalue weighted by Crippen LogP contribution is -2.50. The van der Waals surface area contributed by atoms with Gasteiger partial charge in [-0.05, 0) is 56.7 Å². The summed E-state index contributed by atoms with van der Waals surface area (Å²) in [5, 5.41) is 3.00. The van der Waals surface area contributed by atoms with E-state index in [0.717, 1.165) is 15.4 Å². The minimum Gasteiger partial charge on any atom is -0.357 e. The van der Waals surface area contributed by atoms with Gasteiger partial charge in [-0.1, -0.05) is 65.2 Å². The Morgan fingerprint density at radius 2 is 1.47 bits per heavy atom. The first-order chi connectivity index (χ1) is 17.0. The van der Waals surface area contributed by atoms with Gasteiger partial charge in [0, 0.05) is 18.6 Å². The van der Waals surface area contributed by atoms with Gasteiger partial charge in [0.2, 0.25) is 11.8 Å². The zero-order valence-electron chi connectivity index (χ0n) is 20.7. The van der Waals surface area contributed by atoms with Gasteiger partial charge >= 0.3 is 0 Å². The maximum Gasteiger partial charge on any atom is 0.264 e. The Hall–Kier alpha value is -3.36. The van der Waals surface area contributed by atoms with E-state index in [2.05, 4.69) is 5.32 Å². The van der Waals surface area contributed by atoms with Crippen molar-refractivity contribution < 1.29 is 18.0 Å². The SMILES string of the molecule is CNC(=O)C(C)N(Cc1ccccc1Cl)C(=O)CN(c1ccc(C)cc1)S(=O)(=O)c1ccc(C)cc1. The zero-order chi connectivity index (χ0) is 26.5. The van der Waals surface area contributed by atoms with Gasteiger partial charge < -0.3 is 10.2 Å². The average Bonchev–Trinajstić information content (AvgIpc) is 2.86. The second-order valence-electron chi connectivity index (χ2n) is 8.56. The Labute approximate surface area is 217 Å². The van der Waals surface area contributed by atoms with Crippen LogP contribution in [0.25, 0.3) is 0 Å². The molecular formula is C27H30ClN3O4S. The van der Waals surface area contributed by atoms with Crippen molar-refractivity contribution in [2.24, 2.45) is 0 Å². The number of nitrogens with one attached hydrogen (secondary N) is 1. The van der Waals surface area contributed by atoms with Crippen LogP contribution < -0.4 is 9.62 Å². The van der Waals surface area contributed by atoms with Crippen molar-refractivity contribution in [3.05, 3.63) is 94.5 Å². The number of sulfonamides is 1. The molecule has 190 valence electrons. The number of benzene rings is 3. The van der Waals surface area contributed by atoms with Gasteiger partial charge in [-0.25, -0.2) is 8.42 Å². The number of hydrogen-bond acceptors (Lipinski definition) is 4. The quantitative estimate of drug-likeness (QED) is 0.449. The smallest absolute Gasteiger partial charge is 0.264 e. The molecular weight excluding hydrogens is 498 g/mol. The van der Waals surface area contributed by atoms with Crippen molar-refractivity contribution in [1.82, 2.24) is 10.2 Å². The lowest BCUT2D eigenvalue weighted by atomic mass is 10.1. The third kappa shape index (κ3) is 6.25. The van der Waals surface area contributed by atoms with E-state index in [1.54, 1.807) is 67.6 Å². The van der Waals surface area contributed by atoms with Gasteiger partial charge in [0.25, 0.3) is 10.0 Å². The number of anilines is 1. The summed E-state index contributed by atoms with van der Waals surface area (Å²) in [6, 6.07) is 19.5. The predicted molar refractivity (Wildman–Crippen MR) is 142 cm³/mol. The Morgan fingerprint density at radius 1 is 0.917 bits per heavy atom. The normalized spacial score (nSPS) is 12.0. The summed E-state index contributed by atoms with van der Waals surface area (Å²) in [6.45, 7) is 4.90. The van der Waals surface area contributed by atoms with E-state index in [4.69, 9.17) is 11.6 Å². The third-order valence-corrected chi connectivity index (χ3v) is 8.08. The minimum atomic E-state index is -4.09. The van der Waals surface area contributed by atoms with Crippen molar-refractivity contribution in [3.63, 3.8) is 0 Å². The van der Waals surface area contributed by atoms with Crippen molar-refractivity contribution in [2.45, 2.75) is 38.3 Å². The molecule has 3 aromatic carbocycles. The first-order valence-corrected chi connectivity index (χ1v) is 13.3. The van der Waals surface area contributed by atoms with Gasteiger partial charge in [-0.15, -0.1) is 0 Å². The fourth-order valence-electron chi connectivity index (χ4n) is 3.68. The molecule has 0 spiro atoms. The molecule has 2 amide bonds. The molecule has 0 heterocycles. The van der Waals surface area contributed by atoms with Crippen molar-refractivity contribution in [1.29, 1.82) is 0 Å². The molecule has 1 N–H and O–H groups in total. The first-order valence-electron chi connectivity index (χ1n) is 11.4. The molecule has 0 aliphatic rings. The Bertz CT molecular complexity index is 1330. The van der Waals surface area contributed by atoms with Crippen LogP contribution in [0.4, 0.5) is 5.69 Å². The molecule has 0 radical (unpaired) electrons. The molecule has 36 heavy (non-hydrogen) atoms. The van der Waals surface area contributed by atoms with Crippen LogP contribution in [0.5, 0.6) is 0 Å². The number of aryl methyl sites for hydroxylation is 2. The molecule has 0 aliphatic carbocycles. The van der Waals surface area contributed by atoms with Gasteiger partial charge in [-0.2, -0.15) is 0 Å². The van der Waals surface area contributed by atoms with E-state index in [1.165, 1.54) is 24.1 Å². The molecule has 3 aromatic rings. The number of hydrogen-bond donors (Lipinski definition) is 1. The highest BCUT2D eigenvalue weighted by Gasteiger charge is 2.32. The Balaban J connectivity index is 2.03. The summed E-state index contributed by atoms with van der Waals surface area (Å²) < 4.78 is 28.5. The summed E-state index contributed by atoms with van der Waals surface area (Å²) in [5.74, 6) is -0.916. The fraction of sp³-hybridized carbons (Fsp3) is 0.259. The standard InChI is InChI=1S/C27H30ClN3O4S/c1-19-9-13-23(14-10-19)31(36(34,35)24-15-11-20(2)12-16-24)18-26(32)30(21(3)27(33)29-4)17-22-7-5-6-8-25(22)28/h5-16,21H,17-18H2,1-4H3,(H,29,33). The second kappa shape index (κ2) is 11.6. The van der Waals surface area contributed by atoms with E-state index in [0.29, 0.717) is 16.3 Å². The van der Waals surface area contributed by atoms with E-state index >= 15 is 0 Å². The van der Waals surface area contributed by atoms with Crippen molar-refractivity contribution in [2.75, 3.05) is 17.9 Å². The monoisotopic (exact) mass is 527 g/mol. The highest BCUT2D eigenvalue weighted by Crippen LogP contribution is 2.26. The van der Waals surface area contributed by atoms with Crippen LogP contribution in [0, 0.1) is 13.8 Å². The van der Waals surface area contributed by atoms with Crippen LogP contribution in [-0.4, -0.2) is 44.8 Å². The number of carbonyl (C=O) groups is 2. The highest BCUT2D eigenvalue weighted by atomic mass is 35.5. The molecule has 0 aromatic heterocycles. The molecule has 0 aliphatic heterocycles. The van der Waals surface area contributed by atoms with Crippen LogP contribution in [0.3, 0.4) is 0 Å². The molecule has 0 saturated heterocycles. The zero-order valence-corrected chi connectivity index (χ0v) is 22.3. The predicted octanol–water partition coefficient (Wildman–Crippen LogP) is 4.32. The molecule has 1 atom stereocenters. The summed E-state index contributed by atoms with van der Waals surface area (Å²) >= 11 is 6.33. The molecule has 7 nitrogen and oxygen atoms in total. The Kier molecular flexibility index (Phi) is 8.76. The molecule has 1 unspecified atom stereocenters. The lowest BCUT2D eigenvalue weighted by molar-refractivity contribution is -0.139. The summed E-state index contributed by atoms with van der Waals surface area (Å²) in [6.07, 6.45) is 0. The molecule has 0 fully saturated rings. The van der Waals surface area contributed by atoms with Crippen LogP contribution in [0.15, 0.2) is 77.7 Å². The number of amides is 2. The van der Waals surface area contributed by atoms with Crippen LogP contribution in [0.1, 0.15) is 23.6 Å². The number of carbonyl (C=O) groups excluding carboxylic acids is 2.